The minimum atomic E-state index is -0.350. The van der Waals surface area contributed by atoms with Gasteiger partial charge in [0, 0.05) is 12.2 Å². The van der Waals surface area contributed by atoms with Crippen LogP contribution in [0.15, 0.2) is 72.8 Å². The van der Waals surface area contributed by atoms with Crippen molar-refractivity contribution in [1.29, 1.82) is 0 Å². The quantitative estimate of drug-likeness (QED) is 0.650. The fourth-order valence-corrected chi connectivity index (χ4v) is 2.79. The summed E-state index contributed by atoms with van der Waals surface area (Å²) in [5.41, 5.74) is 2.46. The van der Waals surface area contributed by atoms with Gasteiger partial charge in [-0.2, -0.15) is 0 Å². The first-order valence-corrected chi connectivity index (χ1v) is 8.50. The molecule has 1 aliphatic heterocycles. The summed E-state index contributed by atoms with van der Waals surface area (Å²) in [7, 11) is 0. The predicted molar refractivity (Wildman–Crippen MR) is 103 cm³/mol. The molecule has 6 heteroatoms. The van der Waals surface area contributed by atoms with Crippen molar-refractivity contribution < 1.29 is 14.3 Å². The monoisotopic (exact) mass is 359 g/mol. The smallest absolute Gasteiger partial charge is 0.319 e. The van der Waals surface area contributed by atoms with E-state index in [0.717, 1.165) is 5.56 Å². The van der Waals surface area contributed by atoms with Gasteiger partial charge < -0.3 is 20.7 Å². The van der Waals surface area contributed by atoms with E-state index in [1.54, 1.807) is 30.3 Å². The average molecular weight is 359 g/mol. The number of ether oxygens (including phenoxy) is 1. The number of anilines is 2. The second-order valence-electron chi connectivity index (χ2n) is 6.06. The fraction of sp³-hybridized carbons (Fsp3) is 0.0476. The summed E-state index contributed by atoms with van der Waals surface area (Å²) >= 11 is 0. The lowest BCUT2D eigenvalue weighted by Crippen LogP contribution is -2.28. The van der Waals surface area contributed by atoms with Crippen LogP contribution in [0.1, 0.15) is 15.9 Å². The van der Waals surface area contributed by atoms with Crippen molar-refractivity contribution in [3.05, 3.63) is 83.9 Å². The Kier molecular flexibility index (Phi) is 4.45. The molecule has 3 aromatic rings. The summed E-state index contributed by atoms with van der Waals surface area (Å²) < 4.78 is 5.83. The first-order valence-electron chi connectivity index (χ1n) is 8.50. The van der Waals surface area contributed by atoms with Crippen LogP contribution in [-0.2, 0) is 6.54 Å². The molecular weight excluding hydrogens is 342 g/mol. The maximum Gasteiger partial charge on any atom is 0.319 e. The Bertz CT molecular complexity index is 1000. The number of para-hydroxylation sites is 2. The molecule has 0 atom stereocenters. The molecule has 0 unspecified atom stereocenters. The van der Waals surface area contributed by atoms with Crippen LogP contribution in [0, 0.1) is 0 Å². The van der Waals surface area contributed by atoms with Crippen LogP contribution in [0.3, 0.4) is 0 Å². The number of urea groups is 1. The highest BCUT2D eigenvalue weighted by atomic mass is 16.5. The van der Waals surface area contributed by atoms with E-state index in [1.807, 2.05) is 42.5 Å². The highest BCUT2D eigenvalue weighted by molar-refractivity contribution is 6.08. The van der Waals surface area contributed by atoms with Gasteiger partial charge in [0.2, 0.25) is 0 Å². The summed E-state index contributed by atoms with van der Waals surface area (Å²) in [6.45, 7) is 0.413. The molecule has 0 spiro atoms. The van der Waals surface area contributed by atoms with Gasteiger partial charge in [0.25, 0.3) is 5.91 Å². The number of amides is 3. The van der Waals surface area contributed by atoms with Gasteiger partial charge in [0.1, 0.15) is 5.75 Å². The molecule has 3 N–H and O–H groups in total. The first kappa shape index (κ1) is 16.7. The van der Waals surface area contributed by atoms with E-state index in [1.165, 1.54) is 0 Å². The molecule has 1 aliphatic rings. The number of carbonyl (C=O) groups is 2. The largest absolute Gasteiger partial charge is 0.454 e. The zero-order valence-corrected chi connectivity index (χ0v) is 14.4. The van der Waals surface area contributed by atoms with Crippen LogP contribution in [0.2, 0.25) is 0 Å². The number of rotatable bonds is 3. The maximum atomic E-state index is 12.5. The number of fused-ring (bicyclic) bond motifs is 2. The van der Waals surface area contributed by atoms with Crippen LogP contribution in [0.25, 0.3) is 0 Å². The second-order valence-corrected chi connectivity index (χ2v) is 6.06. The van der Waals surface area contributed by atoms with Gasteiger partial charge in [0.15, 0.2) is 5.75 Å². The number of hydrogen-bond donors (Lipinski definition) is 3. The van der Waals surface area contributed by atoms with E-state index >= 15 is 0 Å². The third-order valence-corrected chi connectivity index (χ3v) is 4.13. The van der Waals surface area contributed by atoms with Gasteiger partial charge in [0.05, 0.1) is 11.3 Å². The van der Waals surface area contributed by atoms with Crippen LogP contribution < -0.4 is 20.7 Å². The van der Waals surface area contributed by atoms with E-state index in [2.05, 4.69) is 16.0 Å². The third-order valence-electron chi connectivity index (χ3n) is 4.13. The standard InChI is InChI=1S/C21H17N3O3/c25-20-16-12-15(23-21(26)22-13-14-6-2-1-3-7-14)10-11-18(16)27-19-9-5-4-8-17(19)24-20/h1-12H,13H2,(H,24,25)(H2,22,23,26). The Hall–Kier alpha value is -3.80. The highest BCUT2D eigenvalue weighted by Crippen LogP contribution is 2.36. The van der Waals surface area contributed by atoms with Gasteiger partial charge in [-0.05, 0) is 35.9 Å². The normalized spacial score (nSPS) is 11.9. The zero-order chi connectivity index (χ0) is 18.6. The average Bonchev–Trinajstić information content (AvgIpc) is 2.83. The van der Waals surface area contributed by atoms with Crippen LogP contribution in [0.5, 0.6) is 11.5 Å². The zero-order valence-electron chi connectivity index (χ0n) is 14.4. The van der Waals surface area contributed by atoms with Crippen molar-refractivity contribution in [2.75, 3.05) is 10.6 Å². The first-order chi connectivity index (χ1) is 13.2. The maximum absolute atomic E-state index is 12.5. The van der Waals surface area contributed by atoms with Crippen LogP contribution in [0.4, 0.5) is 16.2 Å². The Labute approximate surface area is 156 Å². The van der Waals surface area contributed by atoms with E-state index < -0.39 is 0 Å². The highest BCUT2D eigenvalue weighted by Gasteiger charge is 2.21. The Morgan fingerprint density at radius 3 is 2.56 bits per heavy atom. The lowest BCUT2D eigenvalue weighted by atomic mass is 10.1. The number of nitrogens with one attached hydrogen (secondary N) is 3. The lowest BCUT2D eigenvalue weighted by molar-refractivity contribution is 0.102. The number of carbonyl (C=O) groups excluding carboxylic acids is 2. The summed E-state index contributed by atoms with van der Waals surface area (Å²) in [5.74, 6) is 0.724. The van der Waals surface area contributed by atoms with Crippen molar-refractivity contribution in [2.45, 2.75) is 6.54 Å². The molecule has 1 heterocycles. The Morgan fingerprint density at radius 2 is 1.70 bits per heavy atom. The molecule has 4 rings (SSSR count). The third kappa shape index (κ3) is 3.74. The minimum Gasteiger partial charge on any atom is -0.454 e. The van der Waals surface area contributed by atoms with Crippen molar-refractivity contribution in [2.24, 2.45) is 0 Å². The Morgan fingerprint density at radius 1 is 0.926 bits per heavy atom. The van der Waals surface area contributed by atoms with Crippen LogP contribution in [-0.4, -0.2) is 11.9 Å². The van der Waals surface area contributed by atoms with Gasteiger partial charge in [-0.1, -0.05) is 42.5 Å². The van der Waals surface area contributed by atoms with Crippen LogP contribution >= 0.6 is 0 Å². The van der Waals surface area contributed by atoms with Gasteiger partial charge >= 0.3 is 6.03 Å². The SMILES string of the molecule is O=C(NCc1ccccc1)Nc1ccc2c(c1)C(=O)Nc1ccccc1O2. The van der Waals surface area contributed by atoms with E-state index in [9.17, 15) is 9.59 Å². The molecule has 27 heavy (non-hydrogen) atoms. The van der Waals surface area contributed by atoms with E-state index in [-0.39, 0.29) is 11.9 Å². The van der Waals surface area contributed by atoms with E-state index in [4.69, 9.17) is 4.74 Å². The van der Waals surface area contributed by atoms with Crippen molar-refractivity contribution in [1.82, 2.24) is 5.32 Å². The summed E-state index contributed by atoms with van der Waals surface area (Å²) in [6.07, 6.45) is 0. The van der Waals surface area contributed by atoms with Gasteiger partial charge in [-0.3, -0.25) is 4.79 Å². The number of benzene rings is 3. The lowest BCUT2D eigenvalue weighted by Gasteiger charge is -2.11. The molecule has 0 saturated carbocycles. The minimum absolute atomic E-state index is 0.289. The molecular formula is C21H17N3O3. The molecule has 0 aromatic heterocycles. The summed E-state index contributed by atoms with van der Waals surface area (Å²) in [6, 6.07) is 21.4. The fourth-order valence-electron chi connectivity index (χ4n) is 2.79. The van der Waals surface area contributed by atoms with Crippen molar-refractivity contribution >= 4 is 23.3 Å². The van der Waals surface area contributed by atoms with Crippen molar-refractivity contribution in [3.63, 3.8) is 0 Å². The second kappa shape index (κ2) is 7.21. The molecule has 134 valence electrons. The van der Waals surface area contributed by atoms with Crippen molar-refractivity contribution in [3.8, 4) is 11.5 Å². The van der Waals surface area contributed by atoms with Gasteiger partial charge in [-0.15, -0.1) is 0 Å². The molecule has 0 radical (unpaired) electrons. The molecule has 0 aliphatic carbocycles. The molecule has 6 nitrogen and oxygen atoms in total. The van der Waals surface area contributed by atoms with E-state index in [0.29, 0.717) is 35.0 Å². The Balaban J connectivity index is 1.47. The number of hydrogen-bond acceptors (Lipinski definition) is 3. The summed E-state index contributed by atoms with van der Waals surface area (Å²) in [4.78, 5) is 24.6. The topological polar surface area (TPSA) is 79.5 Å². The molecule has 0 bridgehead atoms. The molecule has 3 aromatic carbocycles. The molecule has 0 fully saturated rings. The van der Waals surface area contributed by atoms with Gasteiger partial charge in [-0.25, -0.2) is 4.79 Å². The predicted octanol–water partition coefficient (Wildman–Crippen LogP) is 4.37. The molecule has 0 saturated heterocycles. The molecule has 3 amide bonds. The summed E-state index contributed by atoms with van der Waals surface area (Å²) in [5, 5.41) is 8.34.